The Balaban J connectivity index is 1.81. The normalized spacial score (nSPS) is 18.9. The maximum atomic E-state index is 13.5. The van der Waals surface area contributed by atoms with Crippen LogP contribution in [0.25, 0.3) is 10.2 Å². The van der Waals surface area contributed by atoms with Crippen molar-refractivity contribution in [3.8, 4) is 0 Å². The molecule has 0 saturated heterocycles. The van der Waals surface area contributed by atoms with E-state index in [1.807, 2.05) is 12.1 Å². The molecule has 28 heavy (non-hydrogen) atoms. The molecule has 2 atom stereocenters. The monoisotopic (exact) mass is 413 g/mol. The zero-order chi connectivity index (χ0) is 19.7. The third kappa shape index (κ3) is 3.52. The Morgan fingerprint density at radius 2 is 1.79 bits per heavy atom. The van der Waals surface area contributed by atoms with E-state index in [-0.39, 0.29) is 16.5 Å². The molecule has 0 radical (unpaired) electrons. The summed E-state index contributed by atoms with van der Waals surface area (Å²) in [7, 11) is -4.03. The van der Waals surface area contributed by atoms with E-state index in [9.17, 15) is 18.0 Å². The number of hydrogen-bond donors (Lipinski definition) is 0. The summed E-state index contributed by atoms with van der Waals surface area (Å²) in [5.74, 6) is -0.966. The van der Waals surface area contributed by atoms with Crippen LogP contribution in [-0.4, -0.2) is 30.2 Å². The van der Waals surface area contributed by atoms with Gasteiger partial charge in [0.25, 0.3) is 0 Å². The molecule has 1 aromatic heterocycles. The lowest BCUT2D eigenvalue weighted by Crippen LogP contribution is -2.40. The fraction of sp³-hybridized carbons (Fsp3) is 0.286. The van der Waals surface area contributed by atoms with Gasteiger partial charge in [0.2, 0.25) is 14.2 Å². The molecule has 1 aliphatic rings. The van der Waals surface area contributed by atoms with Gasteiger partial charge < -0.3 is 0 Å². The first-order valence-corrected chi connectivity index (χ1v) is 11.5. The average Bonchev–Trinajstić information content (AvgIpc) is 3.14. The van der Waals surface area contributed by atoms with Crippen LogP contribution in [0.2, 0.25) is 0 Å². The highest BCUT2D eigenvalue weighted by Gasteiger charge is 2.43. The predicted molar refractivity (Wildman–Crippen MR) is 108 cm³/mol. The van der Waals surface area contributed by atoms with E-state index in [2.05, 4.69) is 4.98 Å². The van der Waals surface area contributed by atoms with E-state index in [1.54, 1.807) is 42.5 Å². The summed E-state index contributed by atoms with van der Waals surface area (Å²) in [5, 5.41) is -1.29. The molecule has 144 valence electrons. The van der Waals surface area contributed by atoms with E-state index in [4.69, 9.17) is 0 Å². The smallest absolute Gasteiger partial charge is 0.215 e. The van der Waals surface area contributed by atoms with Crippen LogP contribution in [0.1, 0.15) is 36.0 Å². The number of thiazole rings is 1. The van der Waals surface area contributed by atoms with Gasteiger partial charge in [-0.3, -0.25) is 9.59 Å². The second-order valence-electron chi connectivity index (χ2n) is 7.04. The van der Waals surface area contributed by atoms with Gasteiger partial charge in [0.05, 0.1) is 10.2 Å². The lowest BCUT2D eigenvalue weighted by molar-refractivity contribution is -0.121. The number of rotatable bonds is 5. The molecule has 4 rings (SSSR count). The Morgan fingerprint density at radius 1 is 1.07 bits per heavy atom. The summed E-state index contributed by atoms with van der Waals surface area (Å²) in [5.41, 5.74) is 0.937. The maximum absolute atomic E-state index is 13.5. The molecule has 0 aliphatic heterocycles. The minimum absolute atomic E-state index is 0.0154. The molecule has 0 N–H and O–H groups in total. The SMILES string of the molecule is O=C1CCC[C@H](C(C(=O)c2ccccc2)S(=O)(=O)c2nc3ccccc3s2)C1. The van der Waals surface area contributed by atoms with Crippen molar-refractivity contribution in [2.45, 2.75) is 35.3 Å². The van der Waals surface area contributed by atoms with Crippen LogP contribution in [0.4, 0.5) is 0 Å². The molecule has 0 spiro atoms. The van der Waals surface area contributed by atoms with Gasteiger partial charge in [-0.15, -0.1) is 11.3 Å². The Kier molecular flexibility index (Phi) is 5.12. The number of carbonyl (C=O) groups excluding carboxylic acids is 2. The summed E-state index contributed by atoms with van der Waals surface area (Å²) in [6.45, 7) is 0. The van der Waals surface area contributed by atoms with Crippen molar-refractivity contribution in [1.29, 1.82) is 0 Å². The first kappa shape index (κ1) is 19.0. The predicted octanol–water partition coefficient (Wildman–Crippen LogP) is 4.08. The van der Waals surface area contributed by atoms with E-state index in [0.717, 1.165) is 16.0 Å². The molecule has 1 aliphatic carbocycles. The van der Waals surface area contributed by atoms with E-state index in [0.29, 0.717) is 30.3 Å². The number of ketones is 2. The van der Waals surface area contributed by atoms with Gasteiger partial charge in [-0.1, -0.05) is 42.5 Å². The Labute approximate surface area is 167 Å². The Bertz CT molecular complexity index is 1100. The number of Topliss-reactive ketones (excluding diaryl/α,β-unsaturated/α-hetero) is 2. The fourth-order valence-corrected chi connectivity index (χ4v) is 7.11. The molecule has 2 aromatic carbocycles. The van der Waals surface area contributed by atoms with Crippen LogP contribution in [0.3, 0.4) is 0 Å². The molecule has 1 fully saturated rings. The van der Waals surface area contributed by atoms with Crippen molar-refractivity contribution in [1.82, 2.24) is 4.98 Å². The minimum Gasteiger partial charge on any atom is -0.300 e. The molecule has 3 aromatic rings. The number of nitrogens with zero attached hydrogens (tertiary/aromatic N) is 1. The molecule has 1 unspecified atom stereocenters. The summed E-state index contributed by atoms with van der Waals surface area (Å²) in [6, 6.07) is 15.6. The highest BCUT2D eigenvalue weighted by atomic mass is 32.2. The summed E-state index contributed by atoms with van der Waals surface area (Å²) >= 11 is 1.07. The number of benzene rings is 2. The number of sulfone groups is 1. The van der Waals surface area contributed by atoms with Crippen LogP contribution in [0, 0.1) is 5.92 Å². The zero-order valence-electron chi connectivity index (χ0n) is 15.1. The third-order valence-electron chi connectivity index (χ3n) is 5.12. The van der Waals surface area contributed by atoms with Crippen molar-refractivity contribution in [2.24, 2.45) is 5.92 Å². The van der Waals surface area contributed by atoms with Gasteiger partial charge in [0.1, 0.15) is 11.0 Å². The number of para-hydroxylation sites is 1. The van der Waals surface area contributed by atoms with Crippen LogP contribution in [0.5, 0.6) is 0 Å². The lowest BCUT2D eigenvalue weighted by atomic mass is 9.83. The lowest BCUT2D eigenvalue weighted by Gasteiger charge is -2.27. The highest BCUT2D eigenvalue weighted by molar-refractivity contribution is 7.94. The van der Waals surface area contributed by atoms with Crippen molar-refractivity contribution in [2.75, 3.05) is 0 Å². The number of aromatic nitrogens is 1. The van der Waals surface area contributed by atoms with Crippen LogP contribution >= 0.6 is 11.3 Å². The molecule has 0 amide bonds. The van der Waals surface area contributed by atoms with Gasteiger partial charge in [-0.05, 0) is 30.9 Å². The quantitative estimate of drug-likeness (QED) is 0.589. The summed E-state index contributed by atoms with van der Waals surface area (Å²) in [6.07, 6.45) is 1.72. The van der Waals surface area contributed by atoms with Crippen LogP contribution < -0.4 is 0 Å². The van der Waals surface area contributed by atoms with Crippen molar-refractivity contribution in [3.63, 3.8) is 0 Å². The van der Waals surface area contributed by atoms with Gasteiger partial charge in [0.15, 0.2) is 5.78 Å². The second-order valence-corrected chi connectivity index (χ2v) is 10.3. The molecule has 7 heteroatoms. The molecule has 1 heterocycles. The maximum Gasteiger partial charge on any atom is 0.215 e. The first-order valence-electron chi connectivity index (χ1n) is 9.17. The second kappa shape index (κ2) is 7.56. The molecular weight excluding hydrogens is 394 g/mol. The van der Waals surface area contributed by atoms with Crippen molar-refractivity contribution in [3.05, 3.63) is 60.2 Å². The minimum atomic E-state index is -4.03. The molecular formula is C21H19NO4S2. The number of hydrogen-bond acceptors (Lipinski definition) is 6. The zero-order valence-corrected chi connectivity index (χ0v) is 16.7. The van der Waals surface area contributed by atoms with E-state index in [1.165, 1.54) is 0 Å². The van der Waals surface area contributed by atoms with Gasteiger partial charge >= 0.3 is 0 Å². The average molecular weight is 414 g/mol. The van der Waals surface area contributed by atoms with Gasteiger partial charge in [-0.25, -0.2) is 13.4 Å². The number of fused-ring (bicyclic) bond motifs is 1. The van der Waals surface area contributed by atoms with Gasteiger partial charge in [-0.2, -0.15) is 0 Å². The summed E-state index contributed by atoms with van der Waals surface area (Å²) in [4.78, 5) is 29.6. The molecule has 0 bridgehead atoms. The number of carbonyl (C=O) groups is 2. The first-order chi connectivity index (χ1) is 13.5. The standard InChI is InChI=1S/C21H19NO4S2/c23-16-10-6-9-15(13-16)20(19(24)14-7-2-1-3-8-14)28(25,26)21-22-17-11-4-5-12-18(17)27-21/h1-5,7-8,11-12,15,20H,6,9-10,13H2/t15-,20?/m0/s1. The highest BCUT2D eigenvalue weighted by Crippen LogP contribution is 2.36. The van der Waals surface area contributed by atoms with E-state index < -0.39 is 26.8 Å². The third-order valence-corrected chi connectivity index (χ3v) is 8.74. The van der Waals surface area contributed by atoms with Crippen LogP contribution in [0.15, 0.2) is 58.9 Å². The largest absolute Gasteiger partial charge is 0.300 e. The molecule has 1 saturated carbocycles. The van der Waals surface area contributed by atoms with E-state index >= 15 is 0 Å². The molecule has 5 nitrogen and oxygen atoms in total. The Hall–Kier alpha value is -2.38. The summed E-state index contributed by atoms with van der Waals surface area (Å²) < 4.78 is 27.8. The van der Waals surface area contributed by atoms with Crippen LogP contribution in [-0.2, 0) is 14.6 Å². The Morgan fingerprint density at radius 3 is 2.50 bits per heavy atom. The van der Waals surface area contributed by atoms with Crippen molar-refractivity contribution >= 4 is 43.0 Å². The van der Waals surface area contributed by atoms with Gasteiger partial charge in [0, 0.05) is 18.4 Å². The fourth-order valence-electron chi connectivity index (χ4n) is 3.77. The topological polar surface area (TPSA) is 81.2 Å². The van der Waals surface area contributed by atoms with Crippen molar-refractivity contribution < 1.29 is 18.0 Å².